The highest BCUT2D eigenvalue weighted by molar-refractivity contribution is 5.52. The Labute approximate surface area is 105 Å². The van der Waals surface area contributed by atoms with E-state index in [1.165, 1.54) is 0 Å². The maximum atomic E-state index is 9.35. The Morgan fingerprint density at radius 1 is 1.33 bits per heavy atom. The van der Waals surface area contributed by atoms with Crippen LogP contribution in [0.5, 0.6) is 0 Å². The third-order valence-corrected chi connectivity index (χ3v) is 2.77. The van der Waals surface area contributed by atoms with Gasteiger partial charge in [0.25, 0.3) is 0 Å². The second kappa shape index (κ2) is 4.89. The van der Waals surface area contributed by atoms with Crippen LogP contribution in [0.4, 0.5) is 0 Å². The number of aliphatic hydroxyl groups excluding tert-OH is 1. The van der Waals surface area contributed by atoms with Crippen molar-refractivity contribution in [1.82, 2.24) is 10.0 Å². The molecule has 3 rings (SSSR count). The average Bonchev–Trinajstić information content (AvgIpc) is 3.01. The van der Waals surface area contributed by atoms with Crippen molar-refractivity contribution in [2.24, 2.45) is 0 Å². The summed E-state index contributed by atoms with van der Waals surface area (Å²) in [5, 5.41) is 11.0. The Morgan fingerprint density at radius 2 is 2.17 bits per heavy atom. The largest absolute Gasteiger partial charge is 0.444 e. The molecular formula is C13H14N2O3. The molecule has 1 fully saturated rings. The van der Waals surface area contributed by atoms with Crippen molar-refractivity contribution in [2.75, 3.05) is 13.2 Å². The zero-order chi connectivity index (χ0) is 12.4. The first-order chi connectivity index (χ1) is 8.81. The van der Waals surface area contributed by atoms with Gasteiger partial charge in [-0.2, -0.15) is 5.06 Å². The molecule has 1 saturated heterocycles. The van der Waals surface area contributed by atoms with Gasteiger partial charge in [0.1, 0.15) is 6.26 Å². The predicted octanol–water partition coefficient (Wildman–Crippen LogP) is 1.45. The summed E-state index contributed by atoms with van der Waals surface area (Å²) in [6, 6.07) is 9.74. The molecule has 1 aromatic carbocycles. The van der Waals surface area contributed by atoms with Crippen molar-refractivity contribution < 1.29 is 14.4 Å². The smallest absolute Gasteiger partial charge is 0.226 e. The number of hydroxylamine groups is 2. The van der Waals surface area contributed by atoms with Crippen molar-refractivity contribution in [2.45, 2.75) is 12.6 Å². The molecule has 1 aliphatic heterocycles. The first-order valence-electron chi connectivity index (χ1n) is 5.87. The number of hydrogen-bond acceptors (Lipinski definition) is 5. The van der Waals surface area contributed by atoms with Gasteiger partial charge in [0.2, 0.25) is 5.89 Å². The molecular weight excluding hydrogens is 232 g/mol. The van der Waals surface area contributed by atoms with E-state index in [0.29, 0.717) is 25.6 Å². The van der Waals surface area contributed by atoms with Crippen LogP contribution in [-0.4, -0.2) is 34.4 Å². The number of β-amino-alcohol motifs (C(OH)–C–C–N with tert-alkyl or cyclic N) is 1. The highest BCUT2D eigenvalue weighted by Gasteiger charge is 2.22. The van der Waals surface area contributed by atoms with Gasteiger partial charge >= 0.3 is 0 Å². The minimum absolute atomic E-state index is 0.351. The maximum Gasteiger partial charge on any atom is 0.226 e. The normalized spacial score (nSPS) is 20.4. The lowest BCUT2D eigenvalue weighted by Crippen LogP contribution is -2.20. The fourth-order valence-electron chi connectivity index (χ4n) is 1.92. The topological polar surface area (TPSA) is 58.7 Å². The van der Waals surface area contributed by atoms with Gasteiger partial charge in [-0.15, -0.1) is 0 Å². The molecule has 94 valence electrons. The lowest BCUT2D eigenvalue weighted by Gasteiger charge is -2.10. The van der Waals surface area contributed by atoms with Gasteiger partial charge in [-0.25, -0.2) is 4.98 Å². The number of rotatable bonds is 3. The summed E-state index contributed by atoms with van der Waals surface area (Å²) in [6.07, 6.45) is 1.21. The molecule has 0 radical (unpaired) electrons. The Bertz CT molecular complexity index is 512. The average molecular weight is 246 g/mol. The number of aliphatic hydroxyl groups is 1. The van der Waals surface area contributed by atoms with Crippen LogP contribution in [0.15, 0.2) is 41.0 Å². The molecule has 0 spiro atoms. The SMILES string of the molecule is OC1CON(Cc2coc(-c3ccccc3)n2)C1. The van der Waals surface area contributed by atoms with Crippen LogP contribution in [0, 0.1) is 0 Å². The molecule has 1 unspecified atom stereocenters. The van der Waals surface area contributed by atoms with E-state index in [4.69, 9.17) is 9.25 Å². The molecule has 2 aromatic rings. The molecule has 2 heterocycles. The first-order valence-corrected chi connectivity index (χ1v) is 5.87. The van der Waals surface area contributed by atoms with E-state index in [2.05, 4.69) is 4.98 Å². The summed E-state index contributed by atoms with van der Waals surface area (Å²) in [4.78, 5) is 9.68. The summed E-state index contributed by atoms with van der Waals surface area (Å²) >= 11 is 0. The van der Waals surface area contributed by atoms with E-state index < -0.39 is 6.10 Å². The molecule has 5 heteroatoms. The van der Waals surface area contributed by atoms with Gasteiger partial charge in [0.05, 0.1) is 31.5 Å². The van der Waals surface area contributed by atoms with Gasteiger partial charge in [0, 0.05) is 5.56 Å². The fourth-order valence-corrected chi connectivity index (χ4v) is 1.92. The molecule has 0 aliphatic carbocycles. The standard InChI is InChI=1S/C13H14N2O3/c16-12-7-15(18-9-12)6-11-8-17-13(14-11)10-4-2-1-3-5-10/h1-5,8,12,16H,6-7,9H2. The van der Waals surface area contributed by atoms with Crippen molar-refractivity contribution in [3.63, 3.8) is 0 Å². The lowest BCUT2D eigenvalue weighted by molar-refractivity contribution is -0.118. The minimum atomic E-state index is -0.412. The minimum Gasteiger partial charge on any atom is -0.444 e. The fraction of sp³-hybridized carbons (Fsp3) is 0.308. The lowest BCUT2D eigenvalue weighted by atomic mass is 10.2. The van der Waals surface area contributed by atoms with Gasteiger partial charge < -0.3 is 9.52 Å². The summed E-state index contributed by atoms with van der Waals surface area (Å²) in [7, 11) is 0. The van der Waals surface area contributed by atoms with Gasteiger partial charge in [0.15, 0.2) is 0 Å². The Balaban J connectivity index is 1.70. The van der Waals surface area contributed by atoms with Crippen LogP contribution >= 0.6 is 0 Å². The summed E-state index contributed by atoms with van der Waals surface area (Å²) < 4.78 is 5.43. The van der Waals surface area contributed by atoms with Crippen LogP contribution in [0.2, 0.25) is 0 Å². The molecule has 1 atom stereocenters. The predicted molar refractivity (Wildman–Crippen MR) is 64.3 cm³/mol. The van der Waals surface area contributed by atoms with Crippen LogP contribution in [-0.2, 0) is 11.4 Å². The van der Waals surface area contributed by atoms with E-state index >= 15 is 0 Å². The Hall–Kier alpha value is -1.69. The van der Waals surface area contributed by atoms with Crippen LogP contribution in [0.25, 0.3) is 11.5 Å². The summed E-state index contributed by atoms with van der Waals surface area (Å²) in [6.45, 7) is 1.38. The van der Waals surface area contributed by atoms with Crippen molar-refractivity contribution in [3.05, 3.63) is 42.3 Å². The highest BCUT2D eigenvalue weighted by atomic mass is 16.7. The van der Waals surface area contributed by atoms with Gasteiger partial charge in [-0.3, -0.25) is 4.84 Å². The molecule has 5 nitrogen and oxygen atoms in total. The molecule has 18 heavy (non-hydrogen) atoms. The van der Waals surface area contributed by atoms with Crippen molar-refractivity contribution >= 4 is 0 Å². The second-order valence-corrected chi connectivity index (χ2v) is 4.28. The number of benzene rings is 1. The zero-order valence-electron chi connectivity index (χ0n) is 9.82. The molecule has 0 amide bonds. The monoisotopic (exact) mass is 246 g/mol. The maximum absolute atomic E-state index is 9.35. The zero-order valence-corrected chi connectivity index (χ0v) is 9.82. The first kappa shape index (κ1) is 11.4. The summed E-state index contributed by atoms with van der Waals surface area (Å²) in [5.41, 5.74) is 1.74. The van der Waals surface area contributed by atoms with E-state index in [1.807, 2.05) is 30.3 Å². The van der Waals surface area contributed by atoms with E-state index in [1.54, 1.807) is 11.3 Å². The molecule has 1 aromatic heterocycles. The highest BCUT2D eigenvalue weighted by Crippen LogP contribution is 2.19. The number of hydrogen-bond donors (Lipinski definition) is 1. The van der Waals surface area contributed by atoms with Crippen molar-refractivity contribution in [3.8, 4) is 11.5 Å². The van der Waals surface area contributed by atoms with Gasteiger partial charge in [-0.1, -0.05) is 18.2 Å². The van der Waals surface area contributed by atoms with Gasteiger partial charge in [-0.05, 0) is 12.1 Å². The third-order valence-electron chi connectivity index (χ3n) is 2.77. The van der Waals surface area contributed by atoms with Crippen LogP contribution < -0.4 is 0 Å². The molecule has 1 N–H and O–H groups in total. The van der Waals surface area contributed by atoms with Crippen molar-refractivity contribution in [1.29, 1.82) is 0 Å². The Kier molecular flexibility index (Phi) is 3.10. The number of aromatic nitrogens is 1. The van der Waals surface area contributed by atoms with E-state index in [0.717, 1.165) is 11.3 Å². The molecule has 0 saturated carbocycles. The van der Waals surface area contributed by atoms with E-state index in [9.17, 15) is 5.11 Å². The van der Waals surface area contributed by atoms with Crippen LogP contribution in [0.3, 0.4) is 0 Å². The van der Waals surface area contributed by atoms with E-state index in [-0.39, 0.29) is 0 Å². The van der Waals surface area contributed by atoms with Crippen LogP contribution in [0.1, 0.15) is 5.69 Å². The second-order valence-electron chi connectivity index (χ2n) is 4.28. The number of nitrogens with zero attached hydrogens (tertiary/aromatic N) is 2. The summed E-state index contributed by atoms with van der Waals surface area (Å²) in [5.74, 6) is 0.602. The molecule has 1 aliphatic rings. The third kappa shape index (κ3) is 2.43. The quantitative estimate of drug-likeness (QED) is 0.888. The number of oxazole rings is 1. The molecule has 0 bridgehead atoms. The Morgan fingerprint density at radius 3 is 2.89 bits per heavy atom.